The molecule has 0 radical (unpaired) electrons. The second kappa shape index (κ2) is 5.38. The number of methoxy groups -OCH3 is 1. The van der Waals surface area contributed by atoms with Crippen LogP contribution < -0.4 is 4.74 Å². The number of hydrogen-bond acceptors (Lipinski definition) is 6. The average molecular weight is 263 g/mol. The fraction of sp³-hybridized carbons (Fsp3) is 0.250. The Morgan fingerprint density at radius 1 is 1.42 bits per heavy atom. The van der Waals surface area contributed by atoms with Gasteiger partial charge in [0.15, 0.2) is 17.2 Å². The van der Waals surface area contributed by atoms with Crippen molar-refractivity contribution in [2.24, 2.45) is 0 Å². The Bertz CT molecular complexity index is 594. The monoisotopic (exact) mass is 263 g/mol. The van der Waals surface area contributed by atoms with Crippen LogP contribution in [0.5, 0.6) is 11.5 Å². The lowest BCUT2D eigenvalue weighted by Gasteiger charge is -2.05. The van der Waals surface area contributed by atoms with Crippen LogP contribution in [0.3, 0.4) is 0 Å². The molecule has 0 amide bonds. The van der Waals surface area contributed by atoms with Crippen molar-refractivity contribution in [3.05, 3.63) is 23.9 Å². The van der Waals surface area contributed by atoms with Gasteiger partial charge in [0.25, 0.3) is 0 Å². The normalized spacial score (nSPS) is 10.2. The first-order valence-electron chi connectivity index (χ1n) is 5.62. The number of nitrogens with one attached hydrogen (secondary N) is 1. The molecule has 1 aromatic heterocycles. The zero-order valence-electron chi connectivity index (χ0n) is 10.5. The summed E-state index contributed by atoms with van der Waals surface area (Å²) in [5.41, 5.74) is 1.03. The molecule has 0 unspecified atom stereocenters. The Balaban J connectivity index is 2.42. The molecule has 0 atom stereocenters. The molecule has 2 N–H and O–H groups in total. The summed E-state index contributed by atoms with van der Waals surface area (Å²) in [5, 5.41) is 19.6. The summed E-state index contributed by atoms with van der Waals surface area (Å²) in [7, 11) is 1.44. The van der Waals surface area contributed by atoms with Gasteiger partial charge in [0.1, 0.15) is 5.69 Å². The molecule has 1 aromatic carbocycles. The zero-order valence-corrected chi connectivity index (χ0v) is 10.5. The summed E-state index contributed by atoms with van der Waals surface area (Å²) in [6.07, 6.45) is 0. The van der Waals surface area contributed by atoms with Crippen LogP contribution in [0, 0.1) is 0 Å². The second-order valence-corrected chi connectivity index (χ2v) is 3.63. The summed E-state index contributed by atoms with van der Waals surface area (Å²) in [6.45, 7) is 1.96. The fourth-order valence-electron chi connectivity index (χ4n) is 1.60. The molecule has 2 rings (SSSR count). The van der Waals surface area contributed by atoms with Gasteiger partial charge in [0.2, 0.25) is 0 Å². The molecule has 0 aliphatic rings. The predicted molar refractivity (Wildman–Crippen MR) is 66.0 cm³/mol. The molecule has 7 nitrogen and oxygen atoms in total. The number of benzene rings is 1. The van der Waals surface area contributed by atoms with E-state index >= 15 is 0 Å². The van der Waals surface area contributed by atoms with Crippen molar-refractivity contribution in [2.75, 3.05) is 13.7 Å². The minimum Gasteiger partial charge on any atom is -0.504 e. The van der Waals surface area contributed by atoms with E-state index in [2.05, 4.69) is 15.4 Å². The fourth-order valence-corrected chi connectivity index (χ4v) is 1.60. The minimum absolute atomic E-state index is 0.00688. The van der Waals surface area contributed by atoms with Gasteiger partial charge in [-0.2, -0.15) is 10.3 Å². The van der Waals surface area contributed by atoms with Crippen molar-refractivity contribution >= 4 is 5.97 Å². The highest BCUT2D eigenvalue weighted by atomic mass is 16.5. The molecule has 0 saturated carbocycles. The maximum atomic E-state index is 11.7. The van der Waals surface area contributed by atoms with Crippen LogP contribution in [0.2, 0.25) is 0 Å². The number of hydrogen-bond donors (Lipinski definition) is 2. The van der Waals surface area contributed by atoms with Gasteiger partial charge in [-0.1, -0.05) is 0 Å². The van der Waals surface area contributed by atoms with Gasteiger partial charge in [0.05, 0.1) is 13.7 Å². The van der Waals surface area contributed by atoms with Gasteiger partial charge in [0, 0.05) is 5.56 Å². The van der Waals surface area contributed by atoms with E-state index in [1.807, 2.05) is 0 Å². The lowest BCUT2D eigenvalue weighted by Crippen LogP contribution is -2.06. The first-order valence-corrected chi connectivity index (χ1v) is 5.62. The van der Waals surface area contributed by atoms with E-state index in [0.717, 1.165) is 0 Å². The summed E-state index contributed by atoms with van der Waals surface area (Å²) < 4.78 is 9.89. The van der Waals surface area contributed by atoms with E-state index in [4.69, 9.17) is 9.47 Å². The molecule has 19 heavy (non-hydrogen) atoms. The maximum Gasteiger partial charge on any atom is 0.361 e. The molecular formula is C12H13N3O4. The average Bonchev–Trinajstić information content (AvgIpc) is 2.89. The lowest BCUT2D eigenvalue weighted by atomic mass is 10.1. The van der Waals surface area contributed by atoms with Crippen molar-refractivity contribution in [3.63, 3.8) is 0 Å². The van der Waals surface area contributed by atoms with E-state index < -0.39 is 5.97 Å². The molecule has 0 aliphatic carbocycles. The van der Waals surface area contributed by atoms with Gasteiger partial charge in [-0.25, -0.2) is 4.79 Å². The highest BCUT2D eigenvalue weighted by Crippen LogP contribution is 2.31. The molecule has 0 aliphatic heterocycles. The minimum atomic E-state index is -0.557. The SMILES string of the molecule is CCOC(=O)c1n[nH]nc1-c1ccc(O)c(OC)c1. The van der Waals surface area contributed by atoms with Crippen molar-refractivity contribution in [2.45, 2.75) is 6.92 Å². The molecular weight excluding hydrogens is 250 g/mol. The first kappa shape index (κ1) is 12.9. The molecule has 0 saturated heterocycles. The van der Waals surface area contributed by atoms with E-state index in [-0.39, 0.29) is 23.8 Å². The van der Waals surface area contributed by atoms with Gasteiger partial charge >= 0.3 is 5.97 Å². The molecule has 0 fully saturated rings. The number of aromatic nitrogens is 3. The van der Waals surface area contributed by atoms with E-state index in [0.29, 0.717) is 11.3 Å². The topological polar surface area (TPSA) is 97.3 Å². The van der Waals surface area contributed by atoms with Gasteiger partial charge in [-0.15, -0.1) is 5.10 Å². The largest absolute Gasteiger partial charge is 0.504 e. The van der Waals surface area contributed by atoms with Gasteiger partial charge in [-0.05, 0) is 25.1 Å². The summed E-state index contributed by atoms with van der Waals surface area (Å²) >= 11 is 0. The quantitative estimate of drug-likeness (QED) is 0.808. The third-order valence-electron chi connectivity index (χ3n) is 2.47. The number of aromatic hydroxyl groups is 1. The molecule has 7 heteroatoms. The standard InChI is InChI=1S/C12H13N3O4/c1-3-19-12(17)11-10(13-15-14-11)7-4-5-8(16)9(6-7)18-2/h4-6,16H,3H2,1-2H3,(H,13,14,15). The number of phenols is 1. The van der Waals surface area contributed by atoms with Crippen LogP contribution in [-0.2, 0) is 4.74 Å². The van der Waals surface area contributed by atoms with Crippen LogP contribution in [0.25, 0.3) is 11.3 Å². The third-order valence-corrected chi connectivity index (χ3v) is 2.47. The van der Waals surface area contributed by atoms with Crippen molar-refractivity contribution in [3.8, 4) is 22.8 Å². The molecule has 1 heterocycles. The highest BCUT2D eigenvalue weighted by molar-refractivity contribution is 5.94. The highest BCUT2D eigenvalue weighted by Gasteiger charge is 2.19. The second-order valence-electron chi connectivity index (χ2n) is 3.63. The number of nitrogens with zero attached hydrogens (tertiary/aromatic N) is 2. The lowest BCUT2D eigenvalue weighted by molar-refractivity contribution is 0.0520. The maximum absolute atomic E-state index is 11.7. The number of carbonyl (C=O) groups is 1. The molecule has 0 bridgehead atoms. The van der Waals surface area contributed by atoms with E-state index in [1.54, 1.807) is 19.1 Å². The number of aromatic amines is 1. The van der Waals surface area contributed by atoms with Crippen molar-refractivity contribution in [1.82, 2.24) is 15.4 Å². The van der Waals surface area contributed by atoms with Crippen molar-refractivity contribution < 1.29 is 19.4 Å². The molecule has 0 spiro atoms. The number of phenolic OH excluding ortho intramolecular Hbond substituents is 1. The van der Waals surface area contributed by atoms with Crippen LogP contribution in [0.15, 0.2) is 18.2 Å². The summed E-state index contributed by atoms with van der Waals surface area (Å²) in [4.78, 5) is 11.7. The summed E-state index contributed by atoms with van der Waals surface area (Å²) in [5.74, 6) is -0.263. The smallest absolute Gasteiger partial charge is 0.361 e. The Morgan fingerprint density at radius 3 is 2.89 bits per heavy atom. The summed E-state index contributed by atoms with van der Waals surface area (Å²) in [6, 6.07) is 4.63. The number of rotatable bonds is 4. The Labute approximate surface area is 109 Å². The van der Waals surface area contributed by atoms with Gasteiger partial charge < -0.3 is 14.6 Å². The number of esters is 1. The van der Waals surface area contributed by atoms with Crippen LogP contribution >= 0.6 is 0 Å². The Morgan fingerprint density at radius 2 is 2.21 bits per heavy atom. The van der Waals surface area contributed by atoms with E-state index in [9.17, 15) is 9.90 Å². The predicted octanol–water partition coefficient (Wildman–Crippen LogP) is 1.36. The van der Waals surface area contributed by atoms with Crippen LogP contribution in [0.1, 0.15) is 17.4 Å². The van der Waals surface area contributed by atoms with Crippen LogP contribution in [0.4, 0.5) is 0 Å². The molecule has 100 valence electrons. The van der Waals surface area contributed by atoms with Crippen LogP contribution in [-0.4, -0.2) is 40.2 Å². The van der Waals surface area contributed by atoms with Gasteiger partial charge in [-0.3, -0.25) is 0 Å². The Hall–Kier alpha value is -2.57. The molecule has 2 aromatic rings. The number of carbonyl (C=O) groups excluding carboxylic acids is 1. The number of ether oxygens (including phenoxy) is 2. The number of H-pyrrole nitrogens is 1. The van der Waals surface area contributed by atoms with E-state index in [1.165, 1.54) is 13.2 Å². The van der Waals surface area contributed by atoms with Crippen molar-refractivity contribution in [1.29, 1.82) is 0 Å². The third kappa shape index (κ3) is 2.49. The zero-order chi connectivity index (χ0) is 13.8. The first-order chi connectivity index (χ1) is 9.17. The Kier molecular flexibility index (Phi) is 3.65.